The van der Waals surface area contributed by atoms with Gasteiger partial charge in [-0.25, -0.2) is 4.39 Å². The highest BCUT2D eigenvalue weighted by molar-refractivity contribution is 6.11. The highest BCUT2D eigenvalue weighted by Crippen LogP contribution is 2.38. The van der Waals surface area contributed by atoms with Crippen molar-refractivity contribution in [3.8, 4) is 11.1 Å². The number of aromatic amines is 1. The normalized spacial score (nSPS) is 14.2. The van der Waals surface area contributed by atoms with Crippen molar-refractivity contribution < 1.29 is 9.18 Å². The molecular weight excluding hydrogens is 379 g/mol. The molecule has 0 bridgehead atoms. The Balaban J connectivity index is 0.00000225. The summed E-state index contributed by atoms with van der Waals surface area (Å²) < 4.78 is 13.9. The maximum absolute atomic E-state index is 13.9. The van der Waals surface area contributed by atoms with E-state index in [9.17, 15) is 9.18 Å². The Morgan fingerprint density at radius 1 is 1.21 bits per heavy atom. The van der Waals surface area contributed by atoms with Crippen molar-refractivity contribution in [2.45, 2.75) is 25.4 Å². The van der Waals surface area contributed by atoms with E-state index in [0.717, 1.165) is 40.4 Å². The molecule has 4 rings (SSSR count). The van der Waals surface area contributed by atoms with E-state index in [1.54, 1.807) is 11.0 Å². The Labute approximate surface area is 169 Å². The van der Waals surface area contributed by atoms with Crippen molar-refractivity contribution in [1.82, 2.24) is 9.88 Å². The molecule has 148 valence electrons. The van der Waals surface area contributed by atoms with E-state index in [4.69, 9.17) is 11.5 Å². The quantitative estimate of drug-likeness (QED) is 0.611. The van der Waals surface area contributed by atoms with Gasteiger partial charge in [0.1, 0.15) is 11.5 Å². The van der Waals surface area contributed by atoms with Crippen LogP contribution in [0.4, 0.5) is 4.39 Å². The van der Waals surface area contributed by atoms with E-state index in [1.165, 1.54) is 12.1 Å². The molecule has 1 aliphatic rings. The lowest BCUT2D eigenvalue weighted by Crippen LogP contribution is -2.40. The number of benzene rings is 2. The molecule has 0 saturated carbocycles. The lowest BCUT2D eigenvalue weighted by molar-refractivity contribution is 0.0729. The third-order valence-electron chi connectivity index (χ3n) is 5.14. The summed E-state index contributed by atoms with van der Waals surface area (Å²) in [6.07, 6.45) is 1.60. The maximum atomic E-state index is 13.9. The number of hydrogen-bond donors (Lipinski definition) is 3. The molecule has 28 heavy (non-hydrogen) atoms. The SMILES string of the molecule is Cl.NCCC[C@H](N)CN1Cc2ccccc2-c2c([nH]c3ccc(F)cc23)C1=O. The lowest BCUT2D eigenvalue weighted by atomic mass is 9.98. The minimum Gasteiger partial charge on any atom is -0.350 e. The predicted octanol–water partition coefficient (Wildman–Crippen LogP) is 3.42. The number of H-pyrrole nitrogens is 1. The molecule has 1 amide bonds. The van der Waals surface area contributed by atoms with Crippen molar-refractivity contribution in [3.05, 3.63) is 59.5 Å². The maximum Gasteiger partial charge on any atom is 0.271 e. The van der Waals surface area contributed by atoms with Crippen LogP contribution in [0.15, 0.2) is 42.5 Å². The summed E-state index contributed by atoms with van der Waals surface area (Å²) in [5, 5.41) is 0.722. The molecular formula is C21H24ClFN4O. The van der Waals surface area contributed by atoms with Crippen LogP contribution in [0.5, 0.6) is 0 Å². The fraction of sp³-hybridized carbons (Fsp3) is 0.286. The van der Waals surface area contributed by atoms with Crippen LogP contribution in [0.25, 0.3) is 22.0 Å². The van der Waals surface area contributed by atoms with Crippen molar-refractivity contribution in [3.63, 3.8) is 0 Å². The molecule has 0 radical (unpaired) electrons. The minimum atomic E-state index is -0.320. The molecule has 1 aromatic heterocycles. The topological polar surface area (TPSA) is 88.1 Å². The number of nitrogens with one attached hydrogen (secondary N) is 1. The van der Waals surface area contributed by atoms with Gasteiger partial charge in [-0.2, -0.15) is 0 Å². The van der Waals surface area contributed by atoms with E-state index < -0.39 is 0 Å². The Morgan fingerprint density at radius 2 is 2.00 bits per heavy atom. The number of rotatable bonds is 5. The molecule has 3 aromatic rings. The van der Waals surface area contributed by atoms with Gasteiger partial charge in [0.15, 0.2) is 0 Å². The number of nitrogens with zero attached hydrogens (tertiary/aromatic N) is 1. The van der Waals surface area contributed by atoms with Gasteiger partial charge in [0.05, 0.1) is 0 Å². The zero-order chi connectivity index (χ0) is 19.0. The number of halogens is 2. The third-order valence-corrected chi connectivity index (χ3v) is 5.14. The van der Waals surface area contributed by atoms with E-state index >= 15 is 0 Å². The van der Waals surface area contributed by atoms with Gasteiger partial charge in [-0.15, -0.1) is 12.4 Å². The van der Waals surface area contributed by atoms with Crippen LogP contribution in [0.2, 0.25) is 0 Å². The number of nitrogens with two attached hydrogens (primary N) is 2. The first kappa shape index (κ1) is 20.3. The average Bonchev–Trinajstić information content (AvgIpc) is 2.99. The molecule has 2 aromatic carbocycles. The molecule has 5 nitrogen and oxygen atoms in total. The third kappa shape index (κ3) is 3.63. The summed E-state index contributed by atoms with van der Waals surface area (Å²) >= 11 is 0. The molecule has 5 N–H and O–H groups in total. The second-order valence-electron chi connectivity index (χ2n) is 7.10. The second kappa shape index (κ2) is 8.31. The molecule has 0 aliphatic carbocycles. The van der Waals surface area contributed by atoms with Gasteiger partial charge < -0.3 is 21.4 Å². The van der Waals surface area contributed by atoms with Crippen molar-refractivity contribution >= 4 is 29.2 Å². The number of fused-ring (bicyclic) bond motifs is 5. The molecule has 1 aliphatic heterocycles. The van der Waals surface area contributed by atoms with Gasteiger partial charge in [-0.05, 0) is 48.7 Å². The molecule has 7 heteroatoms. The second-order valence-corrected chi connectivity index (χ2v) is 7.10. The van der Waals surface area contributed by atoms with Crippen molar-refractivity contribution in [1.29, 1.82) is 0 Å². The minimum absolute atomic E-state index is 0. The molecule has 0 unspecified atom stereocenters. The van der Waals surface area contributed by atoms with Gasteiger partial charge in [-0.1, -0.05) is 24.3 Å². The smallest absolute Gasteiger partial charge is 0.271 e. The zero-order valence-electron chi connectivity index (χ0n) is 15.5. The summed E-state index contributed by atoms with van der Waals surface area (Å²) in [4.78, 5) is 18.3. The number of carbonyl (C=O) groups excluding carboxylic acids is 1. The first-order valence-corrected chi connectivity index (χ1v) is 9.23. The van der Waals surface area contributed by atoms with Crippen LogP contribution in [0.1, 0.15) is 28.9 Å². The van der Waals surface area contributed by atoms with Crippen LogP contribution in [0.3, 0.4) is 0 Å². The first-order valence-electron chi connectivity index (χ1n) is 9.23. The summed E-state index contributed by atoms with van der Waals surface area (Å²) in [5.74, 6) is -0.430. The monoisotopic (exact) mass is 402 g/mol. The highest BCUT2D eigenvalue weighted by Gasteiger charge is 2.30. The van der Waals surface area contributed by atoms with Crippen LogP contribution < -0.4 is 11.5 Å². The van der Waals surface area contributed by atoms with Gasteiger partial charge >= 0.3 is 0 Å². The average molecular weight is 403 g/mol. The fourth-order valence-corrected chi connectivity index (χ4v) is 3.84. The lowest BCUT2D eigenvalue weighted by Gasteiger charge is -2.24. The van der Waals surface area contributed by atoms with E-state index in [-0.39, 0.29) is 30.2 Å². The Morgan fingerprint density at radius 3 is 2.79 bits per heavy atom. The molecule has 0 spiro atoms. The molecule has 0 saturated heterocycles. The molecule has 2 heterocycles. The summed E-state index contributed by atoms with van der Waals surface area (Å²) in [7, 11) is 0. The van der Waals surface area contributed by atoms with Crippen LogP contribution >= 0.6 is 12.4 Å². The van der Waals surface area contributed by atoms with Gasteiger partial charge in [0.25, 0.3) is 5.91 Å². The number of aromatic nitrogens is 1. The van der Waals surface area contributed by atoms with Crippen LogP contribution in [-0.2, 0) is 6.54 Å². The number of amides is 1. The van der Waals surface area contributed by atoms with E-state index in [0.29, 0.717) is 25.3 Å². The van der Waals surface area contributed by atoms with Gasteiger partial charge in [0, 0.05) is 35.6 Å². The van der Waals surface area contributed by atoms with Crippen molar-refractivity contribution in [2.75, 3.05) is 13.1 Å². The summed E-state index contributed by atoms with van der Waals surface area (Å²) in [5.41, 5.74) is 15.8. The molecule has 0 fully saturated rings. The first-order chi connectivity index (χ1) is 13.1. The predicted molar refractivity (Wildman–Crippen MR) is 112 cm³/mol. The highest BCUT2D eigenvalue weighted by atomic mass is 35.5. The van der Waals surface area contributed by atoms with Gasteiger partial charge in [0.2, 0.25) is 0 Å². The van der Waals surface area contributed by atoms with Crippen LogP contribution in [-0.4, -0.2) is 34.9 Å². The standard InChI is InChI=1S/C21H23FN4O.ClH/c22-14-7-8-18-17(10-14)19-16-6-2-1-4-13(16)11-26(21(27)20(19)25-18)12-15(24)5-3-9-23;/h1-2,4,6-8,10,15,25H,3,5,9,11-12,23-24H2;1H/t15-;/m0./s1. The molecule has 1 atom stereocenters. The Bertz CT molecular complexity index is 1000. The largest absolute Gasteiger partial charge is 0.350 e. The zero-order valence-corrected chi connectivity index (χ0v) is 16.3. The van der Waals surface area contributed by atoms with Crippen LogP contribution in [0, 0.1) is 5.82 Å². The van der Waals surface area contributed by atoms with Gasteiger partial charge in [-0.3, -0.25) is 4.79 Å². The van der Waals surface area contributed by atoms with Crippen molar-refractivity contribution in [2.24, 2.45) is 11.5 Å². The Hall–Kier alpha value is -2.41. The fourth-order valence-electron chi connectivity index (χ4n) is 3.84. The summed E-state index contributed by atoms with van der Waals surface area (Å²) in [6.45, 7) is 1.52. The summed E-state index contributed by atoms with van der Waals surface area (Å²) in [6, 6.07) is 12.3. The number of hydrogen-bond acceptors (Lipinski definition) is 3. The van der Waals surface area contributed by atoms with E-state index in [1.807, 2.05) is 24.3 Å². The number of carbonyl (C=O) groups is 1. The van der Waals surface area contributed by atoms with E-state index in [2.05, 4.69) is 4.98 Å². The Kier molecular flexibility index (Phi) is 6.03.